The largest absolute Gasteiger partial charge is 0.506 e. The Balaban J connectivity index is 1.94. The van der Waals surface area contributed by atoms with E-state index in [0.717, 1.165) is 16.7 Å². The van der Waals surface area contributed by atoms with Crippen molar-refractivity contribution in [3.8, 4) is 11.1 Å². The second-order valence-corrected chi connectivity index (χ2v) is 8.58. The fourth-order valence-corrected chi connectivity index (χ4v) is 3.62. The van der Waals surface area contributed by atoms with Crippen LogP contribution < -0.4 is 5.32 Å². The van der Waals surface area contributed by atoms with Gasteiger partial charge in [-0.25, -0.2) is 0 Å². The molecule has 1 aromatic heterocycles. The van der Waals surface area contributed by atoms with Gasteiger partial charge in [0.05, 0.1) is 0 Å². The summed E-state index contributed by atoms with van der Waals surface area (Å²) < 4.78 is 5.16. The van der Waals surface area contributed by atoms with Crippen molar-refractivity contribution in [2.45, 2.75) is 46.1 Å². The minimum atomic E-state index is -0.804. The Labute approximate surface area is 181 Å². The van der Waals surface area contributed by atoms with Gasteiger partial charge in [0.25, 0.3) is 5.91 Å². The Hall–Kier alpha value is -3.48. The van der Waals surface area contributed by atoms with Gasteiger partial charge in [-0.15, -0.1) is 0 Å². The zero-order valence-corrected chi connectivity index (χ0v) is 18.3. The predicted octanol–water partition coefficient (Wildman–Crippen LogP) is 3.47. The topological polar surface area (TPSA) is 106 Å². The van der Waals surface area contributed by atoms with Crippen molar-refractivity contribution in [1.82, 2.24) is 10.3 Å². The smallest absolute Gasteiger partial charge is 0.325 e. The lowest BCUT2D eigenvalue weighted by Gasteiger charge is -2.26. The van der Waals surface area contributed by atoms with Crippen molar-refractivity contribution >= 4 is 23.4 Å². The molecular formula is C24H26N2O5. The number of amides is 1. The summed E-state index contributed by atoms with van der Waals surface area (Å²) in [5.41, 5.74) is 2.55. The van der Waals surface area contributed by atoms with Crippen LogP contribution in [0.15, 0.2) is 42.2 Å². The quantitative estimate of drug-likeness (QED) is 0.577. The molecule has 7 heteroatoms. The highest BCUT2D eigenvalue weighted by Crippen LogP contribution is 2.39. The number of ketones is 1. The minimum absolute atomic E-state index is 0.346. The van der Waals surface area contributed by atoms with Crippen molar-refractivity contribution in [2.75, 3.05) is 6.54 Å². The van der Waals surface area contributed by atoms with Gasteiger partial charge in [-0.1, -0.05) is 19.1 Å². The lowest BCUT2D eigenvalue weighted by Crippen LogP contribution is -2.38. The van der Waals surface area contributed by atoms with Crippen LogP contribution in [0.5, 0.6) is 0 Å². The van der Waals surface area contributed by atoms with Gasteiger partial charge in [-0.2, -0.15) is 0 Å². The number of pyridine rings is 1. The maximum atomic E-state index is 13.0. The fourth-order valence-electron chi connectivity index (χ4n) is 3.62. The van der Waals surface area contributed by atoms with E-state index < -0.39 is 35.7 Å². The molecule has 0 radical (unpaired) electrons. The number of aliphatic hydroxyl groups is 1. The molecule has 1 heterocycles. The molecule has 0 bridgehead atoms. The Kier molecular flexibility index (Phi) is 5.97. The SMILES string of the molecule is Cc1cc(-c2cccnc2)cc2c1C(O)=C(C(=O)NCC(=O)OC(C)(C)C)C(=O)C2C. The Bertz CT molecular complexity index is 1080. The van der Waals surface area contributed by atoms with E-state index in [2.05, 4.69) is 10.3 Å². The molecule has 1 amide bonds. The van der Waals surface area contributed by atoms with Crippen LogP contribution in [0, 0.1) is 6.92 Å². The third kappa shape index (κ3) is 4.66. The van der Waals surface area contributed by atoms with E-state index in [9.17, 15) is 19.5 Å². The first-order valence-electron chi connectivity index (χ1n) is 10.0. The molecule has 1 aliphatic rings. The first-order valence-corrected chi connectivity index (χ1v) is 10.0. The molecule has 1 unspecified atom stereocenters. The van der Waals surface area contributed by atoms with Crippen molar-refractivity contribution in [3.05, 3.63) is 58.9 Å². The fraction of sp³-hybridized carbons (Fsp3) is 0.333. The molecular weight excluding hydrogens is 396 g/mol. The highest BCUT2D eigenvalue weighted by Gasteiger charge is 2.36. The van der Waals surface area contributed by atoms with Gasteiger partial charge in [-0.05, 0) is 56.5 Å². The predicted molar refractivity (Wildman–Crippen MR) is 116 cm³/mol. The van der Waals surface area contributed by atoms with Crippen LogP contribution in [-0.4, -0.2) is 39.9 Å². The molecule has 0 spiro atoms. The zero-order valence-electron chi connectivity index (χ0n) is 18.3. The van der Waals surface area contributed by atoms with Crippen LogP contribution in [0.3, 0.4) is 0 Å². The number of ether oxygens (including phenoxy) is 1. The van der Waals surface area contributed by atoms with Crippen molar-refractivity contribution < 1.29 is 24.2 Å². The van der Waals surface area contributed by atoms with Crippen LogP contribution in [0.25, 0.3) is 16.9 Å². The highest BCUT2D eigenvalue weighted by molar-refractivity contribution is 6.27. The number of carbonyl (C=O) groups excluding carboxylic acids is 3. The molecule has 0 saturated heterocycles. The molecule has 2 aromatic rings. The second kappa shape index (κ2) is 8.34. The van der Waals surface area contributed by atoms with E-state index in [4.69, 9.17) is 4.74 Å². The van der Waals surface area contributed by atoms with E-state index >= 15 is 0 Å². The van der Waals surface area contributed by atoms with Crippen LogP contribution >= 0.6 is 0 Å². The normalized spacial score (nSPS) is 16.0. The number of aryl methyl sites for hydroxylation is 1. The Morgan fingerprint density at radius 3 is 2.55 bits per heavy atom. The molecule has 0 fully saturated rings. The lowest BCUT2D eigenvalue weighted by atomic mass is 9.78. The number of fused-ring (bicyclic) bond motifs is 1. The molecule has 1 aliphatic carbocycles. The molecule has 7 nitrogen and oxygen atoms in total. The van der Waals surface area contributed by atoms with Crippen LogP contribution in [0.4, 0.5) is 0 Å². The zero-order chi connectivity index (χ0) is 22.9. The molecule has 3 rings (SSSR count). The highest BCUT2D eigenvalue weighted by atomic mass is 16.6. The summed E-state index contributed by atoms with van der Waals surface area (Å²) in [6.45, 7) is 8.25. The van der Waals surface area contributed by atoms with Crippen molar-refractivity contribution in [1.29, 1.82) is 0 Å². The Morgan fingerprint density at radius 2 is 1.94 bits per heavy atom. The minimum Gasteiger partial charge on any atom is -0.506 e. The number of benzene rings is 1. The van der Waals surface area contributed by atoms with E-state index in [1.165, 1.54) is 0 Å². The third-order valence-electron chi connectivity index (χ3n) is 4.98. The number of Topliss-reactive ketones (excluding diaryl/α,β-unsaturated/α-hetero) is 1. The lowest BCUT2D eigenvalue weighted by molar-refractivity contribution is -0.154. The standard InChI is InChI=1S/C24H26N2O5/c1-13-9-16(15-7-6-8-25-11-15)10-17-14(2)21(28)20(22(29)19(13)17)23(30)26-12-18(27)31-24(3,4)5/h6-11,14,29H,12H2,1-5H3,(H,26,30). The van der Waals surface area contributed by atoms with Crippen LogP contribution in [-0.2, 0) is 19.1 Å². The first-order chi connectivity index (χ1) is 14.5. The van der Waals surface area contributed by atoms with E-state index in [0.29, 0.717) is 11.1 Å². The summed E-state index contributed by atoms with van der Waals surface area (Å²) in [5, 5.41) is 13.2. The van der Waals surface area contributed by atoms with Gasteiger partial charge >= 0.3 is 5.97 Å². The summed E-state index contributed by atoms with van der Waals surface area (Å²) in [5.74, 6) is -2.95. The second-order valence-electron chi connectivity index (χ2n) is 8.58. The number of hydrogen-bond acceptors (Lipinski definition) is 6. The third-order valence-corrected chi connectivity index (χ3v) is 4.98. The van der Waals surface area contributed by atoms with E-state index in [1.807, 2.05) is 31.2 Å². The number of carbonyl (C=O) groups is 3. The number of nitrogens with one attached hydrogen (secondary N) is 1. The van der Waals surface area contributed by atoms with Crippen molar-refractivity contribution in [2.24, 2.45) is 0 Å². The number of nitrogens with zero attached hydrogens (tertiary/aromatic N) is 1. The molecule has 0 aliphatic heterocycles. The van der Waals surface area contributed by atoms with Gasteiger partial charge in [0.1, 0.15) is 23.5 Å². The van der Waals surface area contributed by atoms with Gasteiger partial charge in [0.15, 0.2) is 5.78 Å². The number of hydrogen-bond donors (Lipinski definition) is 2. The molecule has 31 heavy (non-hydrogen) atoms. The molecule has 2 N–H and O–H groups in total. The van der Waals surface area contributed by atoms with Crippen LogP contribution in [0.2, 0.25) is 0 Å². The van der Waals surface area contributed by atoms with E-state index in [1.54, 1.807) is 40.1 Å². The van der Waals surface area contributed by atoms with Crippen LogP contribution in [0.1, 0.15) is 50.3 Å². The van der Waals surface area contributed by atoms with Gasteiger partial charge < -0.3 is 15.2 Å². The summed E-state index contributed by atoms with van der Waals surface area (Å²) >= 11 is 0. The number of rotatable bonds is 4. The summed E-state index contributed by atoms with van der Waals surface area (Å²) in [7, 11) is 0. The summed E-state index contributed by atoms with van der Waals surface area (Å²) in [6, 6.07) is 7.45. The Morgan fingerprint density at radius 1 is 1.23 bits per heavy atom. The van der Waals surface area contributed by atoms with Crippen molar-refractivity contribution in [3.63, 3.8) is 0 Å². The number of aromatic nitrogens is 1. The monoisotopic (exact) mass is 422 g/mol. The average molecular weight is 422 g/mol. The maximum Gasteiger partial charge on any atom is 0.325 e. The van der Waals surface area contributed by atoms with Gasteiger partial charge in [0, 0.05) is 29.4 Å². The maximum absolute atomic E-state index is 13.0. The van der Waals surface area contributed by atoms with Gasteiger partial charge in [-0.3, -0.25) is 19.4 Å². The molecule has 0 saturated carbocycles. The van der Waals surface area contributed by atoms with E-state index in [-0.39, 0.29) is 11.3 Å². The molecule has 162 valence electrons. The molecule has 1 aromatic carbocycles. The first kappa shape index (κ1) is 22.2. The summed E-state index contributed by atoms with van der Waals surface area (Å²) in [6.07, 6.45) is 3.40. The van der Waals surface area contributed by atoms with Gasteiger partial charge in [0.2, 0.25) is 0 Å². The molecule has 1 atom stereocenters. The average Bonchev–Trinajstić information content (AvgIpc) is 2.69. The number of aliphatic hydroxyl groups excluding tert-OH is 1. The summed E-state index contributed by atoms with van der Waals surface area (Å²) in [4.78, 5) is 41.7. The number of esters is 1.